The normalized spacial score (nSPS) is 19.4. The molecular formula is C17H27IN4O. The second kappa shape index (κ2) is 9.32. The summed E-state index contributed by atoms with van der Waals surface area (Å²) in [5.41, 5.74) is 8.57. The highest BCUT2D eigenvalue weighted by Gasteiger charge is 2.12. The molecule has 0 radical (unpaired) electrons. The van der Waals surface area contributed by atoms with E-state index in [0.29, 0.717) is 12.5 Å². The molecule has 2 heterocycles. The lowest BCUT2D eigenvalue weighted by Gasteiger charge is -2.29. The van der Waals surface area contributed by atoms with Gasteiger partial charge in [0.1, 0.15) is 0 Å². The first-order valence-corrected chi connectivity index (χ1v) is 8.29. The molecule has 2 saturated heterocycles. The van der Waals surface area contributed by atoms with E-state index >= 15 is 0 Å². The van der Waals surface area contributed by atoms with Crippen molar-refractivity contribution in [2.75, 3.05) is 44.3 Å². The smallest absolute Gasteiger partial charge is 0.191 e. The molecule has 0 saturated carbocycles. The maximum Gasteiger partial charge on any atom is 0.191 e. The van der Waals surface area contributed by atoms with Crippen molar-refractivity contribution >= 4 is 35.6 Å². The third-order valence-electron chi connectivity index (χ3n) is 4.42. The number of likely N-dealkylation sites (tertiary alicyclic amines) is 1. The maximum absolute atomic E-state index is 6.10. The minimum Gasteiger partial charge on any atom is -0.378 e. The second-order valence-electron chi connectivity index (χ2n) is 5.99. The Bertz CT molecular complexity index is 494. The van der Waals surface area contributed by atoms with Gasteiger partial charge in [-0.05, 0) is 37.0 Å². The number of halogens is 1. The molecule has 2 aliphatic rings. The van der Waals surface area contributed by atoms with Crippen LogP contribution in [0.25, 0.3) is 0 Å². The number of ether oxygens (including phenoxy) is 1. The first kappa shape index (κ1) is 18.3. The summed E-state index contributed by atoms with van der Waals surface area (Å²) in [7, 11) is 0. The number of morpholine rings is 1. The van der Waals surface area contributed by atoms with Gasteiger partial charge in [0, 0.05) is 31.9 Å². The van der Waals surface area contributed by atoms with Crippen molar-refractivity contribution < 1.29 is 4.74 Å². The molecule has 0 unspecified atom stereocenters. The molecule has 2 fully saturated rings. The molecule has 2 aliphatic heterocycles. The van der Waals surface area contributed by atoms with Crippen LogP contribution in [0, 0.1) is 0 Å². The molecule has 0 aromatic heterocycles. The van der Waals surface area contributed by atoms with E-state index in [4.69, 9.17) is 10.5 Å². The van der Waals surface area contributed by atoms with Gasteiger partial charge >= 0.3 is 0 Å². The Labute approximate surface area is 155 Å². The number of nitrogens with two attached hydrogens (primary N) is 1. The van der Waals surface area contributed by atoms with Gasteiger partial charge in [0.15, 0.2) is 5.96 Å². The first-order chi connectivity index (χ1) is 10.8. The van der Waals surface area contributed by atoms with Crippen molar-refractivity contribution in [2.45, 2.75) is 25.8 Å². The van der Waals surface area contributed by atoms with Gasteiger partial charge in [-0.25, -0.2) is 4.99 Å². The molecule has 0 aliphatic carbocycles. The Balaban J connectivity index is 0.00000192. The van der Waals surface area contributed by atoms with Crippen LogP contribution in [0.15, 0.2) is 29.3 Å². The number of guanidine groups is 1. The van der Waals surface area contributed by atoms with Gasteiger partial charge < -0.3 is 20.3 Å². The van der Waals surface area contributed by atoms with E-state index in [9.17, 15) is 0 Å². The molecule has 1 aromatic carbocycles. The van der Waals surface area contributed by atoms with Crippen LogP contribution in [0.2, 0.25) is 0 Å². The molecule has 6 heteroatoms. The monoisotopic (exact) mass is 430 g/mol. The predicted molar refractivity (Wildman–Crippen MR) is 106 cm³/mol. The summed E-state index contributed by atoms with van der Waals surface area (Å²) >= 11 is 0. The van der Waals surface area contributed by atoms with Crippen molar-refractivity contribution in [3.8, 4) is 0 Å². The minimum atomic E-state index is 0. The number of aliphatic imine (C=N–C) groups is 1. The lowest BCUT2D eigenvalue weighted by Crippen LogP contribution is -2.40. The van der Waals surface area contributed by atoms with E-state index < -0.39 is 0 Å². The third-order valence-corrected chi connectivity index (χ3v) is 4.42. The molecule has 3 rings (SSSR count). The second-order valence-corrected chi connectivity index (χ2v) is 5.99. The van der Waals surface area contributed by atoms with Gasteiger partial charge in [-0.2, -0.15) is 0 Å². The van der Waals surface area contributed by atoms with Gasteiger partial charge in [-0.15, -0.1) is 24.0 Å². The molecule has 0 atom stereocenters. The van der Waals surface area contributed by atoms with Crippen molar-refractivity contribution in [1.82, 2.24) is 4.90 Å². The average molecular weight is 430 g/mol. The number of anilines is 1. The summed E-state index contributed by atoms with van der Waals surface area (Å²) in [6.07, 6.45) is 3.77. The van der Waals surface area contributed by atoms with Crippen LogP contribution < -0.4 is 10.6 Å². The van der Waals surface area contributed by atoms with Crippen LogP contribution in [0.5, 0.6) is 0 Å². The fourth-order valence-electron chi connectivity index (χ4n) is 3.03. The quantitative estimate of drug-likeness (QED) is 0.455. The van der Waals surface area contributed by atoms with Gasteiger partial charge in [0.05, 0.1) is 19.8 Å². The fourth-order valence-corrected chi connectivity index (χ4v) is 3.03. The topological polar surface area (TPSA) is 54.1 Å². The molecule has 0 amide bonds. The predicted octanol–water partition coefficient (Wildman–Crippen LogP) is 2.44. The standard InChI is InChI=1S/C17H26N4O.HI/c18-17(21-8-2-1-3-9-21)19-14-15-4-6-16(7-5-15)20-10-12-22-13-11-20;/h4-7H,1-3,8-14H2,(H2,18,19);1H. The van der Waals surface area contributed by atoms with Crippen molar-refractivity contribution in [3.05, 3.63) is 29.8 Å². The van der Waals surface area contributed by atoms with Gasteiger partial charge in [-0.3, -0.25) is 0 Å². The maximum atomic E-state index is 6.10. The minimum absolute atomic E-state index is 0. The van der Waals surface area contributed by atoms with E-state index in [2.05, 4.69) is 39.1 Å². The SMILES string of the molecule is I.NC(=NCc1ccc(N2CCOCC2)cc1)N1CCCCC1. The molecule has 1 aromatic rings. The largest absolute Gasteiger partial charge is 0.378 e. The van der Waals surface area contributed by atoms with E-state index in [-0.39, 0.29) is 24.0 Å². The van der Waals surface area contributed by atoms with Crippen molar-refractivity contribution in [1.29, 1.82) is 0 Å². The van der Waals surface area contributed by atoms with Crippen molar-refractivity contribution in [3.63, 3.8) is 0 Å². The molecule has 23 heavy (non-hydrogen) atoms. The number of benzene rings is 1. The number of nitrogens with zero attached hydrogens (tertiary/aromatic N) is 3. The Kier molecular flexibility index (Phi) is 7.42. The zero-order valence-corrected chi connectivity index (χ0v) is 15.9. The van der Waals surface area contributed by atoms with Crippen LogP contribution in [0.1, 0.15) is 24.8 Å². The van der Waals surface area contributed by atoms with Crippen LogP contribution in [-0.4, -0.2) is 50.3 Å². The molecule has 128 valence electrons. The zero-order chi connectivity index (χ0) is 15.2. The van der Waals surface area contributed by atoms with Crippen LogP contribution in [0.4, 0.5) is 5.69 Å². The fraction of sp³-hybridized carbons (Fsp3) is 0.588. The van der Waals surface area contributed by atoms with Crippen LogP contribution >= 0.6 is 24.0 Å². The van der Waals surface area contributed by atoms with Gasteiger partial charge in [0.25, 0.3) is 0 Å². The van der Waals surface area contributed by atoms with Gasteiger partial charge in [0.2, 0.25) is 0 Å². The van der Waals surface area contributed by atoms with E-state index in [1.54, 1.807) is 0 Å². The van der Waals surface area contributed by atoms with E-state index in [0.717, 1.165) is 39.4 Å². The van der Waals surface area contributed by atoms with E-state index in [1.165, 1.54) is 30.5 Å². The van der Waals surface area contributed by atoms with Crippen molar-refractivity contribution in [2.24, 2.45) is 10.7 Å². The lowest BCUT2D eigenvalue weighted by molar-refractivity contribution is 0.122. The summed E-state index contributed by atoms with van der Waals surface area (Å²) in [5.74, 6) is 0.692. The zero-order valence-electron chi connectivity index (χ0n) is 13.6. The average Bonchev–Trinajstić information content (AvgIpc) is 2.61. The Hall–Kier alpha value is -1.02. The summed E-state index contributed by atoms with van der Waals surface area (Å²) in [6, 6.07) is 8.65. The molecule has 0 spiro atoms. The molecule has 5 nitrogen and oxygen atoms in total. The Morgan fingerprint density at radius 1 is 1.00 bits per heavy atom. The summed E-state index contributed by atoms with van der Waals surface area (Å²) < 4.78 is 5.39. The third kappa shape index (κ3) is 5.24. The number of rotatable bonds is 3. The molecule has 0 bridgehead atoms. The Morgan fingerprint density at radius 3 is 2.30 bits per heavy atom. The molecular weight excluding hydrogens is 403 g/mol. The number of piperidine rings is 1. The summed E-state index contributed by atoms with van der Waals surface area (Å²) in [5, 5.41) is 0. The van der Waals surface area contributed by atoms with Crippen LogP contribution in [-0.2, 0) is 11.3 Å². The lowest BCUT2D eigenvalue weighted by atomic mass is 10.1. The van der Waals surface area contributed by atoms with E-state index in [1.807, 2.05) is 0 Å². The number of hydrogen-bond donors (Lipinski definition) is 1. The molecule has 2 N–H and O–H groups in total. The highest BCUT2D eigenvalue weighted by atomic mass is 127. The number of hydrogen-bond acceptors (Lipinski definition) is 3. The van der Waals surface area contributed by atoms with Crippen LogP contribution in [0.3, 0.4) is 0 Å². The first-order valence-electron chi connectivity index (χ1n) is 8.29. The highest BCUT2D eigenvalue weighted by molar-refractivity contribution is 14.0. The Morgan fingerprint density at radius 2 is 1.65 bits per heavy atom. The summed E-state index contributed by atoms with van der Waals surface area (Å²) in [4.78, 5) is 9.11. The van der Waals surface area contributed by atoms with Gasteiger partial charge in [-0.1, -0.05) is 12.1 Å². The highest BCUT2D eigenvalue weighted by Crippen LogP contribution is 2.17. The summed E-state index contributed by atoms with van der Waals surface area (Å²) in [6.45, 7) is 6.33.